The molecule has 0 spiro atoms. The van der Waals surface area contributed by atoms with Crippen molar-refractivity contribution in [3.63, 3.8) is 0 Å². The average Bonchev–Trinajstić information content (AvgIpc) is 2.16. The third-order valence-corrected chi connectivity index (χ3v) is 2.83. The zero-order chi connectivity index (χ0) is 11.5. The van der Waals surface area contributed by atoms with Crippen molar-refractivity contribution in [3.8, 4) is 0 Å². The van der Waals surface area contributed by atoms with Gasteiger partial charge < -0.3 is 15.0 Å². The first-order valence-corrected chi connectivity index (χ1v) is 5.56. The van der Waals surface area contributed by atoms with E-state index in [4.69, 9.17) is 4.74 Å². The first kappa shape index (κ1) is 12.3. The third kappa shape index (κ3) is 3.70. The molecule has 4 nitrogen and oxygen atoms in total. The third-order valence-electron chi connectivity index (χ3n) is 2.83. The lowest BCUT2D eigenvalue weighted by molar-refractivity contribution is 0.0359. The molecule has 88 valence electrons. The van der Waals surface area contributed by atoms with E-state index in [9.17, 15) is 4.79 Å². The first-order chi connectivity index (χ1) is 6.91. The summed E-state index contributed by atoms with van der Waals surface area (Å²) in [4.78, 5) is 13.4. The lowest BCUT2D eigenvalue weighted by Crippen LogP contribution is -2.45. The van der Waals surface area contributed by atoms with Gasteiger partial charge >= 0.3 is 6.09 Å². The predicted molar refractivity (Wildman–Crippen MR) is 59.9 cm³/mol. The molecule has 0 bridgehead atoms. The summed E-state index contributed by atoms with van der Waals surface area (Å²) in [7, 11) is 1.78. The molecule has 1 amide bonds. The summed E-state index contributed by atoms with van der Waals surface area (Å²) in [5.41, 5.74) is -0.177. The number of piperidine rings is 1. The van der Waals surface area contributed by atoms with Crippen molar-refractivity contribution in [1.82, 2.24) is 10.2 Å². The van der Waals surface area contributed by atoms with Gasteiger partial charge in [-0.2, -0.15) is 0 Å². The molecule has 4 heteroatoms. The van der Waals surface area contributed by atoms with Crippen LogP contribution in [0.2, 0.25) is 0 Å². The summed E-state index contributed by atoms with van der Waals surface area (Å²) < 4.78 is 5.43. The van der Waals surface area contributed by atoms with Gasteiger partial charge in [-0.15, -0.1) is 0 Å². The van der Waals surface area contributed by atoms with Gasteiger partial charge in [0, 0.05) is 12.6 Å². The summed E-state index contributed by atoms with van der Waals surface area (Å²) in [5.74, 6) is 0. The Balaban J connectivity index is 2.40. The molecule has 1 rings (SSSR count). The maximum atomic E-state index is 11.7. The van der Waals surface area contributed by atoms with Crippen molar-refractivity contribution in [1.29, 1.82) is 0 Å². The normalized spacial score (nSPS) is 18.7. The van der Waals surface area contributed by atoms with Gasteiger partial charge in [0.15, 0.2) is 0 Å². The second kappa shape index (κ2) is 4.84. The highest BCUT2D eigenvalue weighted by Crippen LogP contribution is 2.15. The van der Waals surface area contributed by atoms with Crippen LogP contribution >= 0.6 is 0 Å². The smallest absolute Gasteiger partial charge is 0.410 e. The molecule has 0 aromatic heterocycles. The van der Waals surface area contributed by atoms with E-state index in [0.717, 1.165) is 25.9 Å². The number of ether oxygens (including phenoxy) is 1. The molecule has 1 heterocycles. The van der Waals surface area contributed by atoms with Crippen LogP contribution < -0.4 is 5.32 Å². The first-order valence-electron chi connectivity index (χ1n) is 5.56. The van der Waals surface area contributed by atoms with Gasteiger partial charge in [-0.3, -0.25) is 0 Å². The highest BCUT2D eigenvalue weighted by Gasteiger charge is 2.26. The topological polar surface area (TPSA) is 41.6 Å². The molecule has 0 aromatic carbocycles. The molecule has 0 unspecified atom stereocenters. The fraction of sp³-hybridized carbons (Fsp3) is 0.909. The largest absolute Gasteiger partial charge is 0.446 e. The van der Waals surface area contributed by atoms with Crippen LogP contribution in [-0.2, 0) is 4.74 Å². The molecule has 15 heavy (non-hydrogen) atoms. The van der Waals surface area contributed by atoms with Crippen LogP contribution in [0.3, 0.4) is 0 Å². The molecule has 0 aromatic rings. The molecule has 1 N–H and O–H groups in total. The number of nitrogens with one attached hydrogen (secondary N) is 1. The quantitative estimate of drug-likeness (QED) is 0.721. The van der Waals surface area contributed by atoms with Gasteiger partial charge in [0.25, 0.3) is 0 Å². The van der Waals surface area contributed by atoms with Crippen LogP contribution in [0.5, 0.6) is 0 Å². The predicted octanol–water partition coefficient (Wildman–Crippen LogP) is 1.61. The lowest BCUT2D eigenvalue weighted by Gasteiger charge is -2.33. The molecule has 1 aliphatic heterocycles. The molecule has 0 atom stereocenters. The maximum absolute atomic E-state index is 11.7. The van der Waals surface area contributed by atoms with Crippen LogP contribution in [0.1, 0.15) is 33.6 Å². The molecule has 0 aliphatic carbocycles. The summed E-state index contributed by atoms with van der Waals surface area (Å²) in [6.45, 7) is 7.87. The van der Waals surface area contributed by atoms with Crippen molar-refractivity contribution in [2.24, 2.45) is 0 Å². The zero-order valence-corrected chi connectivity index (χ0v) is 10.2. The summed E-state index contributed by atoms with van der Waals surface area (Å²) in [5, 5.41) is 3.24. The van der Waals surface area contributed by atoms with E-state index in [1.54, 1.807) is 11.9 Å². The molecule has 0 radical (unpaired) electrons. The Morgan fingerprint density at radius 1 is 1.33 bits per heavy atom. The Morgan fingerprint density at radius 3 is 2.33 bits per heavy atom. The van der Waals surface area contributed by atoms with E-state index >= 15 is 0 Å². The standard InChI is InChI=1S/C11H22N2O2/c1-11(2,3)13(4)10(14)15-9-5-7-12-8-6-9/h9,12H,5-8H2,1-4H3. The summed E-state index contributed by atoms with van der Waals surface area (Å²) in [6, 6.07) is 0. The van der Waals surface area contributed by atoms with Gasteiger partial charge in [0.1, 0.15) is 6.10 Å². The van der Waals surface area contributed by atoms with Gasteiger partial charge in [0.2, 0.25) is 0 Å². The van der Waals surface area contributed by atoms with Gasteiger partial charge in [-0.1, -0.05) is 0 Å². The van der Waals surface area contributed by atoms with E-state index in [1.165, 1.54) is 0 Å². The van der Waals surface area contributed by atoms with E-state index in [-0.39, 0.29) is 17.7 Å². The maximum Gasteiger partial charge on any atom is 0.410 e. The number of nitrogens with zero attached hydrogens (tertiary/aromatic N) is 1. The number of hydrogen-bond acceptors (Lipinski definition) is 3. The van der Waals surface area contributed by atoms with Crippen LogP contribution in [0.4, 0.5) is 4.79 Å². The molecule has 0 saturated carbocycles. The van der Waals surface area contributed by atoms with Crippen molar-refractivity contribution >= 4 is 6.09 Å². The Morgan fingerprint density at radius 2 is 1.87 bits per heavy atom. The minimum Gasteiger partial charge on any atom is -0.446 e. The van der Waals surface area contributed by atoms with Crippen molar-refractivity contribution in [3.05, 3.63) is 0 Å². The van der Waals surface area contributed by atoms with Gasteiger partial charge in [-0.05, 0) is 46.7 Å². The fourth-order valence-electron chi connectivity index (χ4n) is 1.41. The minimum absolute atomic E-state index is 0.0866. The van der Waals surface area contributed by atoms with Crippen LogP contribution in [0.25, 0.3) is 0 Å². The fourth-order valence-corrected chi connectivity index (χ4v) is 1.41. The SMILES string of the molecule is CN(C(=O)OC1CCNCC1)C(C)(C)C. The monoisotopic (exact) mass is 214 g/mol. The minimum atomic E-state index is -0.214. The van der Waals surface area contributed by atoms with Crippen LogP contribution in [-0.4, -0.2) is 42.8 Å². The highest BCUT2D eigenvalue weighted by atomic mass is 16.6. The Labute approximate surface area is 92.0 Å². The number of carbonyl (C=O) groups is 1. The van der Waals surface area contributed by atoms with Crippen molar-refractivity contribution < 1.29 is 9.53 Å². The summed E-state index contributed by atoms with van der Waals surface area (Å²) >= 11 is 0. The number of amides is 1. The van der Waals surface area contributed by atoms with Crippen molar-refractivity contribution in [2.45, 2.75) is 45.3 Å². The molecular weight excluding hydrogens is 192 g/mol. The van der Waals surface area contributed by atoms with E-state index in [1.807, 2.05) is 20.8 Å². The Hall–Kier alpha value is -0.770. The van der Waals surface area contributed by atoms with Gasteiger partial charge in [0.05, 0.1) is 0 Å². The number of rotatable bonds is 1. The number of hydrogen-bond donors (Lipinski definition) is 1. The Kier molecular flexibility index (Phi) is 3.97. The van der Waals surface area contributed by atoms with Crippen LogP contribution in [0, 0.1) is 0 Å². The second-order valence-corrected chi connectivity index (χ2v) is 5.06. The van der Waals surface area contributed by atoms with Crippen LogP contribution in [0.15, 0.2) is 0 Å². The molecule has 1 aliphatic rings. The Bertz CT molecular complexity index is 217. The molecule has 1 fully saturated rings. The van der Waals surface area contributed by atoms with Crippen molar-refractivity contribution in [2.75, 3.05) is 20.1 Å². The lowest BCUT2D eigenvalue weighted by atomic mass is 10.1. The van der Waals surface area contributed by atoms with E-state index in [2.05, 4.69) is 5.32 Å². The summed E-state index contributed by atoms with van der Waals surface area (Å²) in [6.07, 6.45) is 1.71. The second-order valence-electron chi connectivity index (χ2n) is 5.06. The van der Waals surface area contributed by atoms with Gasteiger partial charge in [-0.25, -0.2) is 4.79 Å². The average molecular weight is 214 g/mol. The highest BCUT2D eigenvalue weighted by molar-refractivity contribution is 5.68. The molecular formula is C11H22N2O2. The van der Waals surface area contributed by atoms with E-state index in [0.29, 0.717) is 0 Å². The number of carbonyl (C=O) groups excluding carboxylic acids is 1. The zero-order valence-electron chi connectivity index (χ0n) is 10.2. The molecule has 1 saturated heterocycles. The van der Waals surface area contributed by atoms with E-state index < -0.39 is 0 Å².